The van der Waals surface area contributed by atoms with Crippen LogP contribution in [0.15, 0.2) is 24.3 Å². The van der Waals surface area contributed by atoms with Crippen molar-refractivity contribution in [1.29, 1.82) is 0 Å². The number of benzene rings is 1. The normalized spacial score (nSPS) is 12.5. The van der Waals surface area contributed by atoms with Gasteiger partial charge in [-0.25, -0.2) is 0 Å². The third-order valence-corrected chi connectivity index (χ3v) is 2.10. The molecule has 0 fully saturated rings. The fourth-order valence-electron chi connectivity index (χ4n) is 1.26. The van der Waals surface area contributed by atoms with Gasteiger partial charge in [-0.2, -0.15) is 0 Å². The predicted octanol–water partition coefficient (Wildman–Crippen LogP) is 2.27. The van der Waals surface area contributed by atoms with Crippen molar-refractivity contribution in [2.75, 3.05) is 14.2 Å². The Balaban J connectivity index is 2.74. The van der Waals surface area contributed by atoms with E-state index in [1.165, 1.54) is 5.56 Å². The lowest BCUT2D eigenvalue weighted by molar-refractivity contribution is 0.118. The summed E-state index contributed by atoms with van der Waals surface area (Å²) in [6, 6.07) is 8.02. The molecule has 2 nitrogen and oxygen atoms in total. The zero-order valence-corrected chi connectivity index (χ0v) is 8.41. The minimum Gasteiger partial charge on any atom is -0.496 e. The van der Waals surface area contributed by atoms with Gasteiger partial charge in [-0.15, -0.1) is 0 Å². The summed E-state index contributed by atoms with van der Waals surface area (Å²) in [7, 11) is 3.41. The maximum Gasteiger partial charge on any atom is 0.122 e. The molecule has 1 rings (SSSR count). The maximum absolute atomic E-state index is 5.24. The van der Waals surface area contributed by atoms with Crippen molar-refractivity contribution in [1.82, 2.24) is 0 Å². The van der Waals surface area contributed by atoms with Crippen LogP contribution in [0.4, 0.5) is 0 Å². The summed E-state index contributed by atoms with van der Waals surface area (Å²) in [6.07, 6.45) is 1.12. The van der Waals surface area contributed by atoms with E-state index in [1.54, 1.807) is 14.2 Å². The molecular formula is C11H16O2. The third kappa shape index (κ3) is 2.74. The van der Waals surface area contributed by atoms with Gasteiger partial charge < -0.3 is 9.47 Å². The first kappa shape index (κ1) is 10.1. The molecule has 0 bridgehead atoms. The van der Waals surface area contributed by atoms with Crippen molar-refractivity contribution in [3.05, 3.63) is 29.8 Å². The summed E-state index contributed by atoms with van der Waals surface area (Å²) >= 11 is 0. The van der Waals surface area contributed by atoms with Crippen LogP contribution >= 0.6 is 0 Å². The number of hydrogen-bond acceptors (Lipinski definition) is 2. The van der Waals surface area contributed by atoms with E-state index in [0.717, 1.165) is 12.2 Å². The van der Waals surface area contributed by atoms with Crippen molar-refractivity contribution < 1.29 is 9.47 Å². The second-order valence-electron chi connectivity index (χ2n) is 3.06. The van der Waals surface area contributed by atoms with Crippen LogP contribution in [0, 0.1) is 0 Å². The Hall–Kier alpha value is -1.02. The smallest absolute Gasteiger partial charge is 0.122 e. The Morgan fingerprint density at radius 2 is 1.92 bits per heavy atom. The molecule has 0 saturated carbocycles. The number of ether oxygens (including phenoxy) is 2. The van der Waals surface area contributed by atoms with Crippen LogP contribution in [0.3, 0.4) is 0 Å². The van der Waals surface area contributed by atoms with E-state index in [0.29, 0.717) is 0 Å². The van der Waals surface area contributed by atoms with Crippen LogP contribution < -0.4 is 4.74 Å². The van der Waals surface area contributed by atoms with Crippen LogP contribution in [0.1, 0.15) is 12.5 Å². The van der Waals surface area contributed by atoms with Crippen molar-refractivity contribution in [3.63, 3.8) is 0 Å². The molecule has 0 aliphatic rings. The third-order valence-electron chi connectivity index (χ3n) is 2.10. The number of methoxy groups -OCH3 is 2. The Kier molecular flexibility index (Phi) is 3.77. The van der Waals surface area contributed by atoms with Crippen LogP contribution in [0.25, 0.3) is 0 Å². The molecule has 0 amide bonds. The average Bonchev–Trinajstić information content (AvgIpc) is 2.18. The van der Waals surface area contributed by atoms with Crippen LogP contribution in [-0.4, -0.2) is 20.3 Å². The minimum absolute atomic E-state index is 0.233. The molecule has 0 aromatic heterocycles. The first-order valence-electron chi connectivity index (χ1n) is 4.42. The molecule has 0 aliphatic carbocycles. The Morgan fingerprint density at radius 3 is 2.54 bits per heavy atom. The molecule has 72 valence electrons. The molecule has 0 radical (unpaired) electrons. The van der Waals surface area contributed by atoms with E-state index in [4.69, 9.17) is 9.47 Å². The van der Waals surface area contributed by atoms with Gasteiger partial charge in [0.25, 0.3) is 0 Å². The fraction of sp³-hybridized carbons (Fsp3) is 0.455. The molecule has 13 heavy (non-hydrogen) atoms. The molecule has 1 atom stereocenters. The number of hydrogen-bond donors (Lipinski definition) is 0. The van der Waals surface area contributed by atoms with E-state index in [-0.39, 0.29) is 6.10 Å². The fourth-order valence-corrected chi connectivity index (χ4v) is 1.26. The second kappa shape index (κ2) is 4.87. The molecule has 2 heteroatoms. The Morgan fingerprint density at radius 1 is 1.23 bits per heavy atom. The van der Waals surface area contributed by atoms with Crippen LogP contribution in [0.2, 0.25) is 0 Å². The van der Waals surface area contributed by atoms with E-state index in [9.17, 15) is 0 Å². The number of para-hydroxylation sites is 1. The monoisotopic (exact) mass is 180 g/mol. The summed E-state index contributed by atoms with van der Waals surface area (Å²) in [4.78, 5) is 0. The highest BCUT2D eigenvalue weighted by Crippen LogP contribution is 2.19. The zero-order valence-electron chi connectivity index (χ0n) is 8.41. The van der Waals surface area contributed by atoms with Gasteiger partial charge in [0.05, 0.1) is 13.2 Å². The molecule has 1 aromatic rings. The molecule has 1 aromatic carbocycles. The predicted molar refractivity (Wildman–Crippen MR) is 53.2 cm³/mol. The average molecular weight is 180 g/mol. The highest BCUT2D eigenvalue weighted by Gasteiger charge is 2.05. The van der Waals surface area contributed by atoms with Gasteiger partial charge in [0.15, 0.2) is 0 Å². The van der Waals surface area contributed by atoms with Gasteiger partial charge in [0.2, 0.25) is 0 Å². The van der Waals surface area contributed by atoms with Crippen molar-refractivity contribution in [2.24, 2.45) is 0 Å². The molecule has 1 unspecified atom stereocenters. The van der Waals surface area contributed by atoms with Gasteiger partial charge in [0, 0.05) is 13.5 Å². The zero-order chi connectivity index (χ0) is 9.68. The standard InChI is InChI=1S/C11H16O2/c1-9(12-2)8-10-6-4-5-7-11(10)13-3/h4-7,9H,8H2,1-3H3. The van der Waals surface area contributed by atoms with Gasteiger partial charge in [-0.1, -0.05) is 18.2 Å². The topological polar surface area (TPSA) is 18.5 Å². The van der Waals surface area contributed by atoms with Gasteiger partial charge in [-0.05, 0) is 18.6 Å². The molecule has 0 N–H and O–H groups in total. The lowest BCUT2D eigenvalue weighted by Gasteiger charge is -2.12. The van der Waals surface area contributed by atoms with Gasteiger partial charge in [-0.3, -0.25) is 0 Å². The first-order valence-corrected chi connectivity index (χ1v) is 4.42. The van der Waals surface area contributed by atoms with E-state index >= 15 is 0 Å². The van der Waals surface area contributed by atoms with Crippen LogP contribution in [-0.2, 0) is 11.2 Å². The largest absolute Gasteiger partial charge is 0.496 e. The maximum atomic E-state index is 5.24. The van der Waals surface area contributed by atoms with Gasteiger partial charge in [0.1, 0.15) is 5.75 Å². The summed E-state index contributed by atoms with van der Waals surface area (Å²) in [6.45, 7) is 2.05. The quantitative estimate of drug-likeness (QED) is 0.707. The summed E-state index contributed by atoms with van der Waals surface area (Å²) in [5, 5.41) is 0. The highest BCUT2D eigenvalue weighted by atomic mass is 16.5. The lowest BCUT2D eigenvalue weighted by Crippen LogP contribution is -2.09. The van der Waals surface area contributed by atoms with Gasteiger partial charge >= 0.3 is 0 Å². The van der Waals surface area contributed by atoms with Crippen molar-refractivity contribution >= 4 is 0 Å². The summed E-state index contributed by atoms with van der Waals surface area (Å²) in [5.41, 5.74) is 1.19. The Bertz CT molecular complexity index is 258. The molecule has 0 saturated heterocycles. The van der Waals surface area contributed by atoms with E-state index < -0.39 is 0 Å². The van der Waals surface area contributed by atoms with Crippen molar-refractivity contribution in [3.8, 4) is 5.75 Å². The molecular weight excluding hydrogens is 164 g/mol. The summed E-state index contributed by atoms with van der Waals surface area (Å²) in [5.74, 6) is 0.936. The minimum atomic E-state index is 0.233. The summed E-state index contributed by atoms with van der Waals surface area (Å²) < 4.78 is 10.4. The molecule has 0 aliphatic heterocycles. The molecule has 0 heterocycles. The Labute approximate surface area is 79.5 Å². The first-order chi connectivity index (χ1) is 6.27. The second-order valence-corrected chi connectivity index (χ2v) is 3.06. The van der Waals surface area contributed by atoms with E-state index in [2.05, 4.69) is 6.07 Å². The highest BCUT2D eigenvalue weighted by molar-refractivity contribution is 5.33. The molecule has 0 spiro atoms. The van der Waals surface area contributed by atoms with Crippen LogP contribution in [0.5, 0.6) is 5.75 Å². The SMILES string of the molecule is COc1ccccc1CC(C)OC. The number of rotatable bonds is 4. The van der Waals surface area contributed by atoms with Crippen molar-refractivity contribution in [2.45, 2.75) is 19.4 Å². The lowest BCUT2D eigenvalue weighted by atomic mass is 10.1. The van der Waals surface area contributed by atoms with E-state index in [1.807, 2.05) is 25.1 Å².